The molecule has 1 heterocycles. The van der Waals surface area contributed by atoms with Crippen LogP contribution in [0.4, 0.5) is 0 Å². The molecule has 2 nitrogen and oxygen atoms in total. The molecular weight excluding hydrogens is 244 g/mol. The van der Waals surface area contributed by atoms with Gasteiger partial charge in [-0.2, -0.15) is 0 Å². The number of hydrogen-bond donors (Lipinski definition) is 0. The summed E-state index contributed by atoms with van der Waals surface area (Å²) in [5.74, 6) is 0.746. The van der Waals surface area contributed by atoms with E-state index in [4.69, 9.17) is 16.3 Å². The highest BCUT2D eigenvalue weighted by Gasteiger charge is 2.31. The fraction of sp³-hybridized carbons (Fsp3) is 0.417. The van der Waals surface area contributed by atoms with Crippen LogP contribution < -0.4 is 0 Å². The molecule has 0 amide bonds. The van der Waals surface area contributed by atoms with E-state index >= 15 is 0 Å². The van der Waals surface area contributed by atoms with Crippen molar-refractivity contribution in [3.63, 3.8) is 0 Å². The van der Waals surface area contributed by atoms with Gasteiger partial charge in [-0.05, 0) is 24.6 Å². The first-order chi connectivity index (χ1) is 7.65. The van der Waals surface area contributed by atoms with Crippen LogP contribution in [0.1, 0.15) is 18.9 Å². The SMILES string of the molecule is C[C@@H]1C[C@@H](SCc2ccc(Cl)cc2)C(=O)O1. The van der Waals surface area contributed by atoms with Crippen LogP contribution in [0.3, 0.4) is 0 Å². The Kier molecular flexibility index (Phi) is 3.77. The van der Waals surface area contributed by atoms with Crippen LogP contribution in [0.5, 0.6) is 0 Å². The van der Waals surface area contributed by atoms with Crippen molar-refractivity contribution in [1.29, 1.82) is 0 Å². The van der Waals surface area contributed by atoms with Gasteiger partial charge in [-0.1, -0.05) is 23.7 Å². The molecule has 1 saturated heterocycles. The Labute approximate surface area is 104 Å². The Bertz CT molecular complexity index is 377. The zero-order valence-corrected chi connectivity index (χ0v) is 10.6. The summed E-state index contributed by atoms with van der Waals surface area (Å²) in [5.41, 5.74) is 1.18. The van der Waals surface area contributed by atoms with Crippen molar-refractivity contribution >= 4 is 29.3 Å². The zero-order valence-electron chi connectivity index (χ0n) is 8.98. The zero-order chi connectivity index (χ0) is 11.5. The molecule has 0 N–H and O–H groups in total. The molecule has 1 aromatic carbocycles. The summed E-state index contributed by atoms with van der Waals surface area (Å²) >= 11 is 7.44. The van der Waals surface area contributed by atoms with Gasteiger partial charge in [0.05, 0.1) is 0 Å². The Balaban J connectivity index is 1.88. The number of carbonyl (C=O) groups excluding carboxylic acids is 1. The maximum atomic E-state index is 11.4. The van der Waals surface area contributed by atoms with Crippen LogP contribution in [-0.4, -0.2) is 17.3 Å². The number of rotatable bonds is 3. The molecule has 0 aromatic heterocycles. The number of thioether (sulfide) groups is 1. The van der Waals surface area contributed by atoms with E-state index in [2.05, 4.69) is 0 Å². The summed E-state index contributed by atoms with van der Waals surface area (Å²) in [6, 6.07) is 7.71. The molecule has 0 aliphatic carbocycles. The van der Waals surface area contributed by atoms with Gasteiger partial charge in [0.2, 0.25) is 0 Å². The van der Waals surface area contributed by atoms with Gasteiger partial charge in [0.1, 0.15) is 11.4 Å². The van der Waals surface area contributed by atoms with Crippen molar-refractivity contribution in [3.8, 4) is 0 Å². The van der Waals surface area contributed by atoms with E-state index in [1.54, 1.807) is 11.8 Å². The molecule has 16 heavy (non-hydrogen) atoms. The van der Waals surface area contributed by atoms with Gasteiger partial charge >= 0.3 is 5.97 Å². The summed E-state index contributed by atoms with van der Waals surface area (Å²) in [4.78, 5) is 11.4. The van der Waals surface area contributed by atoms with Crippen molar-refractivity contribution < 1.29 is 9.53 Å². The van der Waals surface area contributed by atoms with E-state index in [9.17, 15) is 4.79 Å². The van der Waals surface area contributed by atoms with E-state index in [0.717, 1.165) is 17.2 Å². The lowest BCUT2D eigenvalue weighted by Crippen LogP contribution is -2.09. The topological polar surface area (TPSA) is 26.3 Å². The van der Waals surface area contributed by atoms with Gasteiger partial charge in [-0.25, -0.2) is 0 Å². The van der Waals surface area contributed by atoms with Gasteiger partial charge in [-0.3, -0.25) is 4.79 Å². The van der Waals surface area contributed by atoms with Crippen molar-refractivity contribution in [2.75, 3.05) is 0 Å². The fourth-order valence-electron chi connectivity index (χ4n) is 1.63. The minimum absolute atomic E-state index is 0.00863. The molecule has 0 bridgehead atoms. The molecule has 2 rings (SSSR count). The predicted molar refractivity (Wildman–Crippen MR) is 66.7 cm³/mol. The molecule has 1 aliphatic rings. The normalized spacial score (nSPS) is 24.5. The van der Waals surface area contributed by atoms with Crippen LogP contribution >= 0.6 is 23.4 Å². The van der Waals surface area contributed by atoms with E-state index in [-0.39, 0.29) is 17.3 Å². The summed E-state index contributed by atoms with van der Waals surface area (Å²) in [6.07, 6.45) is 0.882. The molecule has 0 saturated carbocycles. The smallest absolute Gasteiger partial charge is 0.319 e. The molecule has 0 spiro atoms. The van der Waals surface area contributed by atoms with Crippen LogP contribution in [0.2, 0.25) is 5.02 Å². The third kappa shape index (κ3) is 2.92. The first-order valence-corrected chi connectivity index (χ1v) is 6.64. The van der Waals surface area contributed by atoms with Crippen molar-refractivity contribution in [1.82, 2.24) is 0 Å². The summed E-state index contributed by atoms with van der Waals surface area (Å²) < 4.78 is 5.10. The molecular formula is C12H13ClO2S. The van der Waals surface area contributed by atoms with E-state index in [0.29, 0.717) is 0 Å². The van der Waals surface area contributed by atoms with Gasteiger partial charge in [0.15, 0.2) is 0 Å². The molecule has 4 heteroatoms. The van der Waals surface area contributed by atoms with E-state index < -0.39 is 0 Å². The highest BCUT2D eigenvalue weighted by molar-refractivity contribution is 7.99. The minimum Gasteiger partial charge on any atom is -0.462 e. The average Bonchev–Trinajstić information content (AvgIpc) is 2.57. The van der Waals surface area contributed by atoms with Crippen molar-refractivity contribution in [3.05, 3.63) is 34.9 Å². The Morgan fingerprint density at radius 2 is 2.12 bits per heavy atom. The van der Waals surface area contributed by atoms with Crippen LogP contribution in [0, 0.1) is 0 Å². The van der Waals surface area contributed by atoms with Gasteiger partial charge < -0.3 is 4.74 Å². The average molecular weight is 257 g/mol. The first-order valence-electron chi connectivity index (χ1n) is 5.21. The Morgan fingerprint density at radius 1 is 1.44 bits per heavy atom. The fourth-order valence-corrected chi connectivity index (χ4v) is 2.94. The molecule has 1 aromatic rings. The standard InChI is InChI=1S/C12H13ClO2S/c1-8-6-11(12(14)15-8)16-7-9-2-4-10(13)5-3-9/h2-5,8,11H,6-7H2,1H3/t8-,11-/m1/s1. The van der Waals surface area contributed by atoms with Crippen molar-refractivity contribution in [2.45, 2.75) is 30.5 Å². The minimum atomic E-state index is -0.0773. The molecule has 0 radical (unpaired) electrons. The Morgan fingerprint density at radius 3 is 2.69 bits per heavy atom. The lowest BCUT2D eigenvalue weighted by atomic mass is 10.2. The second-order valence-electron chi connectivity index (χ2n) is 3.91. The molecule has 1 aliphatic heterocycles. The molecule has 2 atom stereocenters. The molecule has 1 fully saturated rings. The third-order valence-corrected chi connectivity index (χ3v) is 4.03. The van der Waals surface area contributed by atoms with Crippen LogP contribution in [0.25, 0.3) is 0 Å². The van der Waals surface area contributed by atoms with E-state index in [1.165, 1.54) is 5.56 Å². The first kappa shape index (κ1) is 11.8. The molecule has 0 unspecified atom stereocenters. The lowest BCUT2D eigenvalue weighted by Gasteiger charge is -2.05. The number of hydrogen-bond acceptors (Lipinski definition) is 3. The maximum Gasteiger partial charge on any atom is 0.319 e. The van der Waals surface area contributed by atoms with Crippen LogP contribution in [-0.2, 0) is 15.3 Å². The number of cyclic esters (lactones) is 1. The maximum absolute atomic E-state index is 11.4. The number of ether oxygens (including phenoxy) is 1. The number of esters is 1. The second-order valence-corrected chi connectivity index (χ2v) is 5.54. The highest BCUT2D eigenvalue weighted by atomic mass is 35.5. The number of halogens is 1. The Hall–Kier alpha value is -0.670. The van der Waals surface area contributed by atoms with Crippen LogP contribution in [0.15, 0.2) is 24.3 Å². The predicted octanol–water partition coefficient (Wildman–Crippen LogP) is 3.28. The third-order valence-electron chi connectivity index (χ3n) is 2.49. The summed E-state index contributed by atoms with van der Waals surface area (Å²) in [6.45, 7) is 1.93. The van der Waals surface area contributed by atoms with Gasteiger partial charge in [0.25, 0.3) is 0 Å². The quantitative estimate of drug-likeness (QED) is 0.777. The van der Waals surface area contributed by atoms with Crippen molar-refractivity contribution in [2.24, 2.45) is 0 Å². The number of benzene rings is 1. The lowest BCUT2D eigenvalue weighted by molar-refractivity contribution is -0.140. The molecule has 86 valence electrons. The van der Waals surface area contributed by atoms with Gasteiger partial charge in [-0.15, -0.1) is 11.8 Å². The number of carbonyl (C=O) groups is 1. The summed E-state index contributed by atoms with van der Waals surface area (Å²) in [7, 11) is 0. The largest absolute Gasteiger partial charge is 0.462 e. The highest BCUT2D eigenvalue weighted by Crippen LogP contribution is 2.28. The second kappa shape index (κ2) is 5.11. The summed E-state index contributed by atoms with van der Waals surface area (Å²) in [5, 5.41) is 0.730. The van der Waals surface area contributed by atoms with E-state index in [1.807, 2.05) is 31.2 Å². The monoisotopic (exact) mass is 256 g/mol. The van der Waals surface area contributed by atoms with Gasteiger partial charge in [0, 0.05) is 17.2 Å².